The van der Waals surface area contributed by atoms with Crippen molar-refractivity contribution in [1.29, 1.82) is 0 Å². The summed E-state index contributed by atoms with van der Waals surface area (Å²) in [6.45, 7) is 3.53. The van der Waals surface area contributed by atoms with Crippen molar-refractivity contribution in [3.63, 3.8) is 0 Å². The third kappa shape index (κ3) is 4.88. The van der Waals surface area contributed by atoms with Gasteiger partial charge in [0, 0.05) is 5.56 Å². The molecule has 0 fully saturated rings. The Kier molecular flexibility index (Phi) is 6.70. The average Bonchev–Trinajstić information content (AvgIpc) is 2.83. The maximum absolute atomic E-state index is 13.3. The molecule has 0 aliphatic heterocycles. The number of thioether (sulfide) groups is 1. The maximum atomic E-state index is 13.3. The first-order valence-electron chi connectivity index (χ1n) is 10.6. The molecule has 0 aliphatic carbocycles. The van der Waals surface area contributed by atoms with E-state index in [1.807, 2.05) is 36.4 Å². The Bertz CT molecular complexity index is 1390. The molecule has 6 nitrogen and oxygen atoms in total. The summed E-state index contributed by atoms with van der Waals surface area (Å²) in [5.74, 6) is -0.382. The number of rotatable bonds is 7. The number of nitrogens with zero attached hydrogens (tertiary/aromatic N) is 2. The van der Waals surface area contributed by atoms with Gasteiger partial charge in [0.2, 0.25) is 5.91 Å². The van der Waals surface area contributed by atoms with E-state index < -0.39 is 0 Å². The molecule has 4 aromatic rings. The van der Waals surface area contributed by atoms with E-state index in [2.05, 4.69) is 17.2 Å². The minimum atomic E-state index is -0.288. The molecule has 1 amide bonds. The fraction of sp³-hybridized carbons (Fsp3) is 0.154. The SMILES string of the molecule is CCc1ccc(-n2c(SCC(=O)Nc3ccccc3C(C)=O)nc3ccccc3c2=O)cc1. The number of benzene rings is 3. The third-order valence-corrected chi connectivity index (χ3v) is 6.20. The van der Waals surface area contributed by atoms with Crippen LogP contribution in [-0.2, 0) is 11.2 Å². The van der Waals surface area contributed by atoms with Crippen LogP contribution >= 0.6 is 11.8 Å². The van der Waals surface area contributed by atoms with Gasteiger partial charge in [-0.1, -0.05) is 55.1 Å². The summed E-state index contributed by atoms with van der Waals surface area (Å²) in [5.41, 5.74) is 3.17. The Labute approximate surface area is 195 Å². The Morgan fingerprint density at radius 2 is 1.67 bits per heavy atom. The first-order chi connectivity index (χ1) is 16.0. The Balaban J connectivity index is 1.66. The van der Waals surface area contributed by atoms with E-state index in [0.29, 0.717) is 33.0 Å². The third-order valence-electron chi connectivity index (χ3n) is 5.26. The lowest BCUT2D eigenvalue weighted by Gasteiger charge is -2.14. The number of hydrogen-bond acceptors (Lipinski definition) is 5. The van der Waals surface area contributed by atoms with Gasteiger partial charge in [0.05, 0.1) is 28.0 Å². The number of aromatic nitrogens is 2. The van der Waals surface area contributed by atoms with Crippen LogP contribution in [0.1, 0.15) is 29.8 Å². The van der Waals surface area contributed by atoms with Crippen molar-refractivity contribution < 1.29 is 9.59 Å². The monoisotopic (exact) mass is 457 g/mol. The number of carbonyl (C=O) groups is 2. The molecule has 166 valence electrons. The molecular weight excluding hydrogens is 434 g/mol. The minimum absolute atomic E-state index is 0.0318. The van der Waals surface area contributed by atoms with Crippen molar-refractivity contribution in [2.75, 3.05) is 11.1 Å². The summed E-state index contributed by atoms with van der Waals surface area (Å²) in [6, 6.07) is 21.8. The van der Waals surface area contributed by atoms with Gasteiger partial charge in [0.25, 0.3) is 5.56 Å². The highest BCUT2D eigenvalue weighted by Gasteiger charge is 2.16. The van der Waals surface area contributed by atoms with Crippen LogP contribution < -0.4 is 10.9 Å². The molecule has 0 atom stereocenters. The van der Waals surface area contributed by atoms with E-state index in [-0.39, 0.29) is 23.0 Å². The fourth-order valence-electron chi connectivity index (χ4n) is 3.53. The fourth-order valence-corrected chi connectivity index (χ4v) is 4.35. The van der Waals surface area contributed by atoms with Gasteiger partial charge in [0.1, 0.15) is 0 Å². The summed E-state index contributed by atoms with van der Waals surface area (Å²) in [4.78, 5) is 42.5. The molecule has 3 aromatic carbocycles. The lowest BCUT2D eigenvalue weighted by molar-refractivity contribution is -0.113. The zero-order valence-corrected chi connectivity index (χ0v) is 19.2. The van der Waals surface area contributed by atoms with Gasteiger partial charge in [0.15, 0.2) is 10.9 Å². The second-order valence-electron chi connectivity index (χ2n) is 7.51. The number of fused-ring (bicyclic) bond motifs is 1. The lowest BCUT2D eigenvalue weighted by atomic mass is 10.1. The highest BCUT2D eigenvalue weighted by Crippen LogP contribution is 2.23. The van der Waals surface area contributed by atoms with Crippen LogP contribution in [0.25, 0.3) is 16.6 Å². The predicted octanol–water partition coefficient (Wildman–Crippen LogP) is 4.88. The molecule has 4 rings (SSSR count). The molecule has 7 heteroatoms. The molecular formula is C26H23N3O3S. The van der Waals surface area contributed by atoms with Crippen LogP contribution in [0.4, 0.5) is 5.69 Å². The molecule has 0 unspecified atom stereocenters. The summed E-state index contributed by atoms with van der Waals surface area (Å²) < 4.78 is 1.54. The van der Waals surface area contributed by atoms with Crippen molar-refractivity contribution in [3.8, 4) is 5.69 Å². The number of ketones is 1. The topological polar surface area (TPSA) is 81.1 Å². The van der Waals surface area contributed by atoms with Crippen molar-refractivity contribution in [2.45, 2.75) is 25.4 Å². The number of aryl methyl sites for hydroxylation is 1. The highest BCUT2D eigenvalue weighted by molar-refractivity contribution is 7.99. The molecule has 0 saturated heterocycles. The summed E-state index contributed by atoms with van der Waals surface area (Å²) in [7, 11) is 0. The molecule has 0 bridgehead atoms. The van der Waals surface area contributed by atoms with Crippen LogP contribution in [0.3, 0.4) is 0 Å². The quantitative estimate of drug-likeness (QED) is 0.243. The number of carbonyl (C=O) groups excluding carboxylic acids is 2. The van der Waals surface area contributed by atoms with Gasteiger partial charge in [-0.2, -0.15) is 0 Å². The van der Waals surface area contributed by atoms with Gasteiger partial charge < -0.3 is 5.32 Å². The largest absolute Gasteiger partial charge is 0.325 e. The number of anilines is 1. The Hall–Kier alpha value is -3.71. The normalized spacial score (nSPS) is 10.8. The lowest BCUT2D eigenvalue weighted by Crippen LogP contribution is -2.23. The van der Waals surface area contributed by atoms with Crippen molar-refractivity contribution in [2.24, 2.45) is 0 Å². The second-order valence-corrected chi connectivity index (χ2v) is 8.45. The Morgan fingerprint density at radius 3 is 2.39 bits per heavy atom. The second kappa shape index (κ2) is 9.83. The zero-order valence-electron chi connectivity index (χ0n) is 18.4. The van der Waals surface area contributed by atoms with Crippen LogP contribution in [-0.4, -0.2) is 27.0 Å². The van der Waals surface area contributed by atoms with E-state index >= 15 is 0 Å². The van der Waals surface area contributed by atoms with Crippen LogP contribution in [0.2, 0.25) is 0 Å². The van der Waals surface area contributed by atoms with Gasteiger partial charge in [-0.3, -0.25) is 19.0 Å². The molecule has 0 spiro atoms. The maximum Gasteiger partial charge on any atom is 0.266 e. The van der Waals surface area contributed by atoms with E-state index in [0.717, 1.165) is 6.42 Å². The minimum Gasteiger partial charge on any atom is -0.325 e. The number of nitrogens with one attached hydrogen (secondary N) is 1. The zero-order chi connectivity index (χ0) is 23.4. The standard InChI is InChI=1S/C26H23N3O3S/c1-3-18-12-14-19(15-13-18)29-25(32)21-9-5-7-11-23(21)28-26(29)33-16-24(31)27-22-10-6-4-8-20(22)17(2)30/h4-15H,3,16H2,1-2H3,(H,27,31). The molecule has 33 heavy (non-hydrogen) atoms. The predicted molar refractivity (Wildman–Crippen MR) is 133 cm³/mol. The molecule has 1 heterocycles. The average molecular weight is 458 g/mol. The number of amides is 1. The first-order valence-corrected chi connectivity index (χ1v) is 11.6. The van der Waals surface area contributed by atoms with Crippen molar-refractivity contribution in [3.05, 3.63) is 94.3 Å². The molecule has 0 aliphatic rings. The van der Waals surface area contributed by atoms with Gasteiger partial charge >= 0.3 is 0 Å². The van der Waals surface area contributed by atoms with E-state index in [1.165, 1.54) is 24.2 Å². The molecule has 0 saturated carbocycles. The van der Waals surface area contributed by atoms with E-state index in [4.69, 9.17) is 0 Å². The van der Waals surface area contributed by atoms with Crippen LogP contribution in [0, 0.1) is 0 Å². The highest BCUT2D eigenvalue weighted by atomic mass is 32.2. The first kappa shape index (κ1) is 22.5. The smallest absolute Gasteiger partial charge is 0.266 e. The van der Waals surface area contributed by atoms with Crippen molar-refractivity contribution in [1.82, 2.24) is 9.55 Å². The summed E-state index contributed by atoms with van der Waals surface area (Å²) >= 11 is 1.18. The van der Waals surface area contributed by atoms with Crippen LogP contribution in [0.15, 0.2) is 82.7 Å². The number of Topliss-reactive ketones (excluding diaryl/α,β-unsaturated/α-hetero) is 1. The number of hydrogen-bond donors (Lipinski definition) is 1. The van der Waals surface area contributed by atoms with Crippen molar-refractivity contribution >= 4 is 40.0 Å². The summed E-state index contributed by atoms with van der Waals surface area (Å²) in [5, 5.41) is 3.74. The van der Waals surface area contributed by atoms with Gasteiger partial charge in [-0.25, -0.2) is 4.98 Å². The summed E-state index contributed by atoms with van der Waals surface area (Å²) in [6.07, 6.45) is 0.897. The van der Waals surface area contributed by atoms with Crippen LogP contribution in [0.5, 0.6) is 0 Å². The number of para-hydroxylation sites is 2. The molecule has 1 aromatic heterocycles. The van der Waals surface area contributed by atoms with Gasteiger partial charge in [-0.05, 0) is 55.3 Å². The molecule has 0 radical (unpaired) electrons. The van der Waals surface area contributed by atoms with E-state index in [1.54, 1.807) is 41.0 Å². The van der Waals surface area contributed by atoms with Gasteiger partial charge in [-0.15, -0.1) is 0 Å². The molecule has 1 N–H and O–H groups in total. The van der Waals surface area contributed by atoms with E-state index in [9.17, 15) is 14.4 Å². The Morgan fingerprint density at radius 1 is 0.970 bits per heavy atom.